The van der Waals surface area contributed by atoms with Gasteiger partial charge in [0, 0.05) is 32.2 Å². The van der Waals surface area contributed by atoms with Gasteiger partial charge in [-0.05, 0) is 44.1 Å². The fourth-order valence-electron chi connectivity index (χ4n) is 2.69. The maximum absolute atomic E-state index is 13.7. The fraction of sp³-hybridized carbons (Fsp3) is 0.529. The van der Waals surface area contributed by atoms with E-state index in [2.05, 4.69) is 20.5 Å². The average Bonchev–Trinajstić information content (AvgIpc) is 2.60. The number of halogens is 2. The minimum absolute atomic E-state index is 0. The van der Waals surface area contributed by atoms with Gasteiger partial charge < -0.3 is 15.5 Å². The Hall–Kier alpha value is -1.40. The summed E-state index contributed by atoms with van der Waals surface area (Å²) in [6.07, 6.45) is 3.89. The van der Waals surface area contributed by atoms with Crippen LogP contribution in [0.3, 0.4) is 0 Å². The lowest BCUT2D eigenvalue weighted by Gasteiger charge is -2.26. The zero-order valence-corrected chi connectivity index (χ0v) is 16.3. The summed E-state index contributed by atoms with van der Waals surface area (Å²) in [5.74, 6) is 0.323. The van der Waals surface area contributed by atoms with Gasteiger partial charge in [-0.2, -0.15) is 5.26 Å². The molecule has 2 rings (SSSR count). The van der Waals surface area contributed by atoms with Crippen LogP contribution in [-0.4, -0.2) is 44.1 Å². The highest BCUT2D eigenvalue weighted by Crippen LogP contribution is 2.10. The van der Waals surface area contributed by atoms with Crippen LogP contribution in [0.5, 0.6) is 0 Å². The van der Waals surface area contributed by atoms with Gasteiger partial charge in [-0.15, -0.1) is 24.0 Å². The third-order valence-electron chi connectivity index (χ3n) is 4.01. The van der Waals surface area contributed by atoms with E-state index in [-0.39, 0.29) is 29.8 Å². The second kappa shape index (κ2) is 11.2. The zero-order valence-electron chi connectivity index (χ0n) is 14.0. The number of aliphatic imine (C=N–C) groups is 1. The van der Waals surface area contributed by atoms with Gasteiger partial charge >= 0.3 is 0 Å². The molecule has 1 aromatic rings. The van der Waals surface area contributed by atoms with Crippen molar-refractivity contribution < 1.29 is 4.39 Å². The molecule has 0 spiro atoms. The minimum atomic E-state index is -0.319. The topological polar surface area (TPSA) is 63.5 Å². The first-order chi connectivity index (χ1) is 11.2. The molecule has 0 aliphatic carbocycles. The van der Waals surface area contributed by atoms with E-state index in [0.717, 1.165) is 13.1 Å². The molecule has 1 fully saturated rings. The molecule has 1 aliphatic heterocycles. The van der Waals surface area contributed by atoms with E-state index in [0.29, 0.717) is 23.6 Å². The number of benzene rings is 1. The van der Waals surface area contributed by atoms with Gasteiger partial charge in [0.25, 0.3) is 0 Å². The molecule has 24 heavy (non-hydrogen) atoms. The molecule has 0 saturated carbocycles. The lowest BCUT2D eigenvalue weighted by molar-refractivity contribution is 0.232. The Labute approximate surface area is 160 Å². The van der Waals surface area contributed by atoms with Crippen LogP contribution in [0.25, 0.3) is 0 Å². The summed E-state index contributed by atoms with van der Waals surface area (Å²) in [4.78, 5) is 6.59. The molecule has 132 valence electrons. The van der Waals surface area contributed by atoms with Gasteiger partial charge in [0.1, 0.15) is 5.82 Å². The average molecular weight is 445 g/mol. The van der Waals surface area contributed by atoms with E-state index >= 15 is 0 Å². The number of rotatable bonds is 5. The Morgan fingerprint density at radius 1 is 1.29 bits per heavy atom. The first-order valence-corrected chi connectivity index (χ1v) is 8.08. The number of likely N-dealkylation sites (tertiary alicyclic amines) is 1. The molecule has 5 nitrogen and oxygen atoms in total. The van der Waals surface area contributed by atoms with E-state index in [4.69, 9.17) is 5.26 Å². The molecule has 1 saturated heterocycles. The van der Waals surface area contributed by atoms with Crippen molar-refractivity contribution in [2.45, 2.75) is 25.8 Å². The van der Waals surface area contributed by atoms with Crippen LogP contribution >= 0.6 is 24.0 Å². The van der Waals surface area contributed by atoms with Crippen LogP contribution in [0.15, 0.2) is 23.2 Å². The molecule has 0 bridgehead atoms. The number of guanidine groups is 1. The Morgan fingerprint density at radius 3 is 2.71 bits per heavy atom. The van der Waals surface area contributed by atoms with Gasteiger partial charge in [-0.3, -0.25) is 4.99 Å². The Bertz CT molecular complexity index is 579. The van der Waals surface area contributed by atoms with Crippen molar-refractivity contribution in [1.82, 2.24) is 15.5 Å². The Morgan fingerprint density at radius 2 is 2.04 bits per heavy atom. The van der Waals surface area contributed by atoms with Crippen LogP contribution in [0.1, 0.15) is 30.4 Å². The molecule has 1 aromatic carbocycles. The molecule has 0 aromatic heterocycles. The van der Waals surface area contributed by atoms with Gasteiger partial charge in [-0.1, -0.05) is 6.42 Å². The molecule has 0 amide bonds. The minimum Gasteiger partial charge on any atom is -0.355 e. The molecule has 0 radical (unpaired) electrons. The molecule has 0 unspecified atom stereocenters. The largest absolute Gasteiger partial charge is 0.355 e. The van der Waals surface area contributed by atoms with E-state index in [1.807, 2.05) is 6.07 Å². The van der Waals surface area contributed by atoms with Gasteiger partial charge in [-0.25, -0.2) is 4.39 Å². The highest BCUT2D eigenvalue weighted by atomic mass is 127. The quantitative estimate of drug-likeness (QED) is 0.416. The lowest BCUT2D eigenvalue weighted by Crippen LogP contribution is -2.42. The molecule has 7 heteroatoms. The third kappa shape index (κ3) is 6.61. The van der Waals surface area contributed by atoms with Crippen molar-refractivity contribution in [2.24, 2.45) is 4.99 Å². The first-order valence-electron chi connectivity index (χ1n) is 8.08. The third-order valence-corrected chi connectivity index (χ3v) is 4.01. The van der Waals surface area contributed by atoms with Crippen molar-refractivity contribution in [3.63, 3.8) is 0 Å². The molecule has 1 heterocycles. The van der Waals surface area contributed by atoms with Gasteiger partial charge in [0.05, 0.1) is 11.6 Å². The summed E-state index contributed by atoms with van der Waals surface area (Å²) in [5, 5.41) is 15.2. The van der Waals surface area contributed by atoms with Crippen LogP contribution < -0.4 is 10.6 Å². The number of nitriles is 1. The predicted octanol–water partition coefficient (Wildman–Crippen LogP) is 2.47. The Kier molecular flexibility index (Phi) is 9.64. The fourth-order valence-corrected chi connectivity index (χ4v) is 2.69. The lowest BCUT2D eigenvalue weighted by atomic mass is 10.1. The maximum atomic E-state index is 13.7. The van der Waals surface area contributed by atoms with Crippen LogP contribution in [-0.2, 0) is 6.54 Å². The summed E-state index contributed by atoms with van der Waals surface area (Å²) in [6.45, 7) is 4.42. The van der Waals surface area contributed by atoms with Crippen molar-refractivity contribution in [1.29, 1.82) is 5.26 Å². The predicted molar refractivity (Wildman–Crippen MR) is 105 cm³/mol. The number of piperidine rings is 1. The highest BCUT2D eigenvalue weighted by molar-refractivity contribution is 14.0. The second-order valence-electron chi connectivity index (χ2n) is 5.67. The van der Waals surface area contributed by atoms with Crippen molar-refractivity contribution in [2.75, 3.05) is 33.2 Å². The molecule has 1 aliphatic rings. The standard InChI is InChI=1S/C17H24FN5.HI/c1-20-17(21-7-10-23-8-3-2-4-9-23)22-13-15-11-14(12-19)5-6-16(15)18;/h5-6,11H,2-4,7-10,13H2,1H3,(H2,20,21,22);1H. The number of hydrogen-bond donors (Lipinski definition) is 2. The van der Waals surface area contributed by atoms with Gasteiger partial charge in [0.15, 0.2) is 5.96 Å². The van der Waals surface area contributed by atoms with E-state index in [1.54, 1.807) is 13.1 Å². The van der Waals surface area contributed by atoms with Crippen LogP contribution in [0.4, 0.5) is 4.39 Å². The molecule has 0 atom stereocenters. The molecule has 2 N–H and O–H groups in total. The van der Waals surface area contributed by atoms with Crippen LogP contribution in [0.2, 0.25) is 0 Å². The second-order valence-corrected chi connectivity index (χ2v) is 5.67. The van der Waals surface area contributed by atoms with Crippen LogP contribution in [0, 0.1) is 17.1 Å². The van der Waals surface area contributed by atoms with E-state index < -0.39 is 0 Å². The first kappa shape index (κ1) is 20.6. The van der Waals surface area contributed by atoms with Crippen molar-refractivity contribution in [3.8, 4) is 6.07 Å². The van der Waals surface area contributed by atoms with Gasteiger partial charge in [0.2, 0.25) is 0 Å². The summed E-state index contributed by atoms with van der Waals surface area (Å²) in [7, 11) is 1.69. The SMILES string of the molecule is CN=C(NCCN1CCCCC1)NCc1cc(C#N)ccc1F.I. The summed E-state index contributed by atoms with van der Waals surface area (Å²) >= 11 is 0. The number of nitrogens with zero attached hydrogens (tertiary/aromatic N) is 3. The van der Waals surface area contributed by atoms with Crippen molar-refractivity contribution >= 4 is 29.9 Å². The molecular formula is C17H25FIN5. The number of hydrogen-bond acceptors (Lipinski definition) is 3. The van der Waals surface area contributed by atoms with Crippen molar-refractivity contribution in [3.05, 3.63) is 35.1 Å². The number of nitrogens with one attached hydrogen (secondary N) is 2. The molecular weight excluding hydrogens is 420 g/mol. The maximum Gasteiger partial charge on any atom is 0.191 e. The summed E-state index contributed by atoms with van der Waals surface area (Å²) < 4.78 is 13.7. The smallest absolute Gasteiger partial charge is 0.191 e. The highest BCUT2D eigenvalue weighted by Gasteiger charge is 2.10. The monoisotopic (exact) mass is 445 g/mol. The summed E-state index contributed by atoms with van der Waals surface area (Å²) in [5.41, 5.74) is 0.916. The van der Waals surface area contributed by atoms with E-state index in [9.17, 15) is 4.39 Å². The zero-order chi connectivity index (χ0) is 16.5. The Balaban J connectivity index is 0.00000288. The normalized spacial score (nSPS) is 15.3. The van der Waals surface area contributed by atoms with E-state index in [1.165, 1.54) is 44.5 Å². The summed E-state index contributed by atoms with van der Waals surface area (Å²) in [6, 6.07) is 6.38.